The molecule has 1 atom stereocenters. The standard InChI is InChI=1S/C30H33ClF2N8O/c31-20-13-23(32)26(24(33)14-20)38-30-37-25-15-35-29(39-28(25)41(30)22-10-8-19(9-11-22)27(34)42)36-21-7-4-12-40(17-21)16-18-5-2-1-3-6-18/h1-3,5-6,13-15,19,21-22H,4,7-12,16-17H2,(H2,34,42)(H,37,38)(H,35,36,39)/t19-,21?,22+. The summed E-state index contributed by atoms with van der Waals surface area (Å²) >= 11 is 5.83. The third-order valence-corrected chi connectivity index (χ3v) is 8.45. The van der Waals surface area contributed by atoms with E-state index in [0.717, 1.165) is 44.6 Å². The summed E-state index contributed by atoms with van der Waals surface area (Å²) in [6, 6.07) is 12.6. The quantitative estimate of drug-likeness (QED) is 0.236. The number of piperidine rings is 1. The van der Waals surface area contributed by atoms with Crippen molar-refractivity contribution in [2.24, 2.45) is 11.7 Å². The van der Waals surface area contributed by atoms with Crippen LogP contribution in [-0.2, 0) is 11.3 Å². The lowest BCUT2D eigenvalue weighted by Crippen LogP contribution is -2.41. The molecule has 1 aliphatic carbocycles. The van der Waals surface area contributed by atoms with Gasteiger partial charge in [-0.05, 0) is 62.8 Å². The van der Waals surface area contributed by atoms with Gasteiger partial charge in [0.2, 0.25) is 17.8 Å². The Morgan fingerprint density at radius 3 is 2.50 bits per heavy atom. The molecule has 9 nitrogen and oxygen atoms in total. The third-order valence-electron chi connectivity index (χ3n) is 8.23. The average Bonchev–Trinajstić information content (AvgIpc) is 3.33. The van der Waals surface area contributed by atoms with Crippen molar-refractivity contribution >= 4 is 46.3 Å². The van der Waals surface area contributed by atoms with Crippen LogP contribution in [0, 0.1) is 17.6 Å². The molecule has 1 saturated carbocycles. The lowest BCUT2D eigenvalue weighted by atomic mass is 9.85. The molecule has 12 heteroatoms. The summed E-state index contributed by atoms with van der Waals surface area (Å²) < 4.78 is 31.4. The van der Waals surface area contributed by atoms with Crippen LogP contribution in [0.15, 0.2) is 48.7 Å². The average molecular weight is 595 g/mol. The first-order chi connectivity index (χ1) is 20.3. The fourth-order valence-electron chi connectivity index (χ4n) is 6.13. The number of aromatic nitrogens is 4. The lowest BCUT2D eigenvalue weighted by molar-refractivity contribution is -0.122. The second-order valence-electron chi connectivity index (χ2n) is 11.2. The molecule has 1 aliphatic heterocycles. The predicted molar refractivity (Wildman–Crippen MR) is 159 cm³/mol. The first-order valence-electron chi connectivity index (χ1n) is 14.3. The maximum atomic E-state index is 14.7. The van der Waals surface area contributed by atoms with E-state index in [4.69, 9.17) is 22.3 Å². The molecule has 1 amide bonds. The molecule has 0 bridgehead atoms. The number of fused-ring (bicyclic) bond motifs is 1. The van der Waals surface area contributed by atoms with Gasteiger partial charge < -0.3 is 16.4 Å². The van der Waals surface area contributed by atoms with Crippen LogP contribution in [0.3, 0.4) is 0 Å². The van der Waals surface area contributed by atoms with Crippen LogP contribution in [0.25, 0.3) is 11.2 Å². The molecule has 2 aromatic carbocycles. The number of primary amides is 1. The highest BCUT2D eigenvalue weighted by molar-refractivity contribution is 6.30. The fourth-order valence-corrected chi connectivity index (χ4v) is 6.32. The van der Waals surface area contributed by atoms with E-state index in [1.165, 1.54) is 5.56 Å². The van der Waals surface area contributed by atoms with Crippen LogP contribution in [0.1, 0.15) is 50.1 Å². The molecule has 1 unspecified atom stereocenters. The molecule has 6 rings (SSSR count). The Labute approximate surface area is 247 Å². The van der Waals surface area contributed by atoms with E-state index in [2.05, 4.69) is 49.8 Å². The van der Waals surface area contributed by atoms with Gasteiger partial charge >= 0.3 is 0 Å². The summed E-state index contributed by atoms with van der Waals surface area (Å²) in [4.78, 5) is 28.2. The zero-order chi connectivity index (χ0) is 29.2. The lowest BCUT2D eigenvalue weighted by Gasteiger charge is -2.33. The van der Waals surface area contributed by atoms with Crippen LogP contribution >= 0.6 is 11.6 Å². The summed E-state index contributed by atoms with van der Waals surface area (Å²) in [5.41, 5.74) is 7.52. The van der Waals surface area contributed by atoms with Gasteiger partial charge in [-0.1, -0.05) is 41.9 Å². The monoisotopic (exact) mass is 594 g/mol. The van der Waals surface area contributed by atoms with Gasteiger partial charge in [-0.25, -0.2) is 18.7 Å². The number of benzene rings is 2. The van der Waals surface area contributed by atoms with Gasteiger partial charge in [-0.15, -0.1) is 0 Å². The highest BCUT2D eigenvalue weighted by atomic mass is 35.5. The number of amides is 1. The second kappa shape index (κ2) is 12.2. The number of rotatable bonds is 8. The Balaban J connectivity index is 1.28. The number of halogens is 3. The summed E-state index contributed by atoms with van der Waals surface area (Å²) in [6.45, 7) is 2.77. The Bertz CT molecular complexity index is 1550. The first-order valence-corrected chi connectivity index (χ1v) is 14.7. The molecule has 2 aromatic heterocycles. The number of nitrogens with one attached hydrogen (secondary N) is 2. The molecule has 2 aliphatic rings. The van der Waals surface area contributed by atoms with E-state index in [0.29, 0.717) is 42.8 Å². The number of hydrogen-bond acceptors (Lipinski definition) is 7. The molecule has 1 saturated heterocycles. The summed E-state index contributed by atoms with van der Waals surface area (Å²) in [7, 11) is 0. The van der Waals surface area contributed by atoms with Crippen molar-refractivity contribution in [3.63, 3.8) is 0 Å². The minimum Gasteiger partial charge on any atom is -0.369 e. The number of likely N-dealkylation sites (tertiary alicyclic amines) is 1. The predicted octanol–water partition coefficient (Wildman–Crippen LogP) is 5.79. The highest BCUT2D eigenvalue weighted by Crippen LogP contribution is 2.38. The first kappa shape index (κ1) is 28.3. The fraction of sp³-hybridized carbons (Fsp3) is 0.400. The Morgan fingerprint density at radius 1 is 1.05 bits per heavy atom. The Hall–Kier alpha value is -3.83. The molecule has 4 aromatic rings. The third kappa shape index (κ3) is 6.17. The van der Waals surface area contributed by atoms with Gasteiger partial charge in [-0.3, -0.25) is 14.3 Å². The van der Waals surface area contributed by atoms with Crippen molar-refractivity contribution in [2.45, 2.75) is 57.2 Å². The molecule has 4 N–H and O–H groups in total. The zero-order valence-electron chi connectivity index (χ0n) is 23.1. The van der Waals surface area contributed by atoms with Crippen LogP contribution in [-0.4, -0.2) is 49.5 Å². The van der Waals surface area contributed by atoms with E-state index < -0.39 is 11.6 Å². The number of carbonyl (C=O) groups is 1. The molecule has 42 heavy (non-hydrogen) atoms. The van der Waals surface area contributed by atoms with Crippen LogP contribution in [0.2, 0.25) is 5.02 Å². The van der Waals surface area contributed by atoms with Crippen molar-refractivity contribution in [1.82, 2.24) is 24.4 Å². The van der Waals surface area contributed by atoms with Gasteiger partial charge in [-0.2, -0.15) is 4.98 Å². The number of nitrogens with two attached hydrogens (primary N) is 1. The normalized spacial score (nSPS) is 21.4. The van der Waals surface area contributed by atoms with E-state index in [-0.39, 0.29) is 40.6 Å². The number of imidazole rings is 1. The van der Waals surface area contributed by atoms with Gasteiger partial charge in [0, 0.05) is 36.1 Å². The van der Waals surface area contributed by atoms with Crippen LogP contribution in [0.4, 0.5) is 26.4 Å². The summed E-state index contributed by atoms with van der Waals surface area (Å²) in [5.74, 6) is -1.46. The molecular formula is C30H33ClF2N8O. The van der Waals surface area contributed by atoms with Crippen molar-refractivity contribution in [3.05, 3.63) is 70.9 Å². The van der Waals surface area contributed by atoms with Crippen molar-refractivity contribution in [3.8, 4) is 0 Å². The molecule has 2 fully saturated rings. The van der Waals surface area contributed by atoms with Gasteiger partial charge in [0.05, 0.1) is 6.20 Å². The molecule has 3 heterocycles. The van der Waals surface area contributed by atoms with E-state index in [1.807, 2.05) is 10.6 Å². The zero-order valence-corrected chi connectivity index (χ0v) is 23.8. The molecule has 0 spiro atoms. The van der Waals surface area contributed by atoms with E-state index in [1.54, 1.807) is 6.20 Å². The van der Waals surface area contributed by atoms with Gasteiger partial charge in [0.25, 0.3) is 0 Å². The minimum absolute atomic E-state index is 0.0412. The summed E-state index contributed by atoms with van der Waals surface area (Å²) in [5, 5.41) is 6.31. The number of hydrogen-bond donors (Lipinski definition) is 3. The van der Waals surface area contributed by atoms with Crippen molar-refractivity contribution < 1.29 is 13.6 Å². The van der Waals surface area contributed by atoms with Gasteiger partial charge in [0.15, 0.2) is 17.3 Å². The number of carbonyl (C=O) groups excluding carboxylic acids is 1. The highest BCUT2D eigenvalue weighted by Gasteiger charge is 2.30. The smallest absolute Gasteiger partial charge is 0.225 e. The second-order valence-corrected chi connectivity index (χ2v) is 11.6. The van der Waals surface area contributed by atoms with E-state index >= 15 is 0 Å². The summed E-state index contributed by atoms with van der Waals surface area (Å²) in [6.07, 6.45) is 6.18. The maximum absolute atomic E-state index is 14.7. The van der Waals surface area contributed by atoms with Crippen LogP contribution < -0.4 is 16.4 Å². The minimum atomic E-state index is -0.832. The van der Waals surface area contributed by atoms with Crippen LogP contribution in [0.5, 0.6) is 0 Å². The number of nitrogens with zero attached hydrogens (tertiary/aromatic N) is 5. The van der Waals surface area contributed by atoms with Crippen molar-refractivity contribution in [1.29, 1.82) is 0 Å². The van der Waals surface area contributed by atoms with Crippen molar-refractivity contribution in [2.75, 3.05) is 23.7 Å². The largest absolute Gasteiger partial charge is 0.369 e. The Morgan fingerprint density at radius 2 is 1.79 bits per heavy atom. The maximum Gasteiger partial charge on any atom is 0.225 e. The van der Waals surface area contributed by atoms with E-state index in [9.17, 15) is 13.6 Å². The molecular weight excluding hydrogens is 562 g/mol. The van der Waals surface area contributed by atoms with Gasteiger partial charge in [0.1, 0.15) is 11.2 Å². The number of anilines is 3. The molecule has 0 radical (unpaired) electrons. The Kier molecular flexibility index (Phi) is 8.21. The topological polar surface area (TPSA) is 114 Å². The SMILES string of the molecule is NC(=O)[C@H]1CC[C@@H](n2c(Nc3c(F)cc(Cl)cc3F)nc3cnc(NC4CCCN(Cc5ccccc5)C4)nc32)CC1. The molecule has 220 valence electrons.